The van der Waals surface area contributed by atoms with Gasteiger partial charge in [0, 0.05) is 10.6 Å². The topological polar surface area (TPSA) is 57.6 Å². The van der Waals surface area contributed by atoms with Crippen molar-refractivity contribution in [3.63, 3.8) is 0 Å². The summed E-state index contributed by atoms with van der Waals surface area (Å²) in [7, 11) is 0. The summed E-state index contributed by atoms with van der Waals surface area (Å²) in [5.41, 5.74) is -1.72. The number of hydrogen-bond donors (Lipinski definition) is 1. The third-order valence-electron chi connectivity index (χ3n) is 3.69. The van der Waals surface area contributed by atoms with E-state index in [4.69, 9.17) is 23.2 Å². The van der Waals surface area contributed by atoms with E-state index in [2.05, 4.69) is 0 Å². The molecule has 0 aromatic heterocycles. The van der Waals surface area contributed by atoms with Crippen LogP contribution in [0.5, 0.6) is 0 Å². The molecule has 3 rings (SSSR count). The molecule has 1 aliphatic heterocycles. The number of aliphatic hydroxyl groups is 1. The molecule has 1 aliphatic rings. The molecule has 0 saturated carbocycles. The molecule has 26 heavy (non-hydrogen) atoms. The highest BCUT2D eigenvalue weighted by Crippen LogP contribution is 2.37. The number of amides is 2. The summed E-state index contributed by atoms with van der Waals surface area (Å²) in [5, 5.41) is 10.4. The fourth-order valence-electron chi connectivity index (χ4n) is 2.51. The van der Waals surface area contributed by atoms with Gasteiger partial charge in [-0.1, -0.05) is 35.3 Å². The van der Waals surface area contributed by atoms with Gasteiger partial charge in [0.25, 0.3) is 5.91 Å². The quantitative estimate of drug-likeness (QED) is 0.731. The zero-order valence-corrected chi connectivity index (χ0v) is 14.2. The van der Waals surface area contributed by atoms with Crippen molar-refractivity contribution in [2.45, 2.75) is 6.18 Å². The van der Waals surface area contributed by atoms with E-state index in [1.165, 1.54) is 18.2 Å². The Morgan fingerprint density at radius 1 is 0.962 bits per heavy atom. The largest absolute Gasteiger partial charge is 0.502 e. The smallest absolute Gasteiger partial charge is 0.416 e. The van der Waals surface area contributed by atoms with Gasteiger partial charge >= 0.3 is 12.1 Å². The number of hydrogen-bond acceptors (Lipinski definition) is 3. The molecular weight excluding hydrogens is 394 g/mol. The monoisotopic (exact) mass is 401 g/mol. The molecule has 134 valence electrons. The lowest BCUT2D eigenvalue weighted by atomic mass is 10.1. The minimum atomic E-state index is -4.65. The fourth-order valence-corrected chi connectivity index (χ4v) is 3.01. The van der Waals surface area contributed by atoms with E-state index in [1.54, 1.807) is 0 Å². The Balaban J connectivity index is 2.07. The van der Waals surface area contributed by atoms with Gasteiger partial charge in [-0.3, -0.25) is 9.59 Å². The van der Waals surface area contributed by atoms with Crippen molar-refractivity contribution < 1.29 is 27.9 Å². The van der Waals surface area contributed by atoms with Gasteiger partial charge in [-0.2, -0.15) is 13.2 Å². The zero-order valence-electron chi connectivity index (χ0n) is 12.6. The van der Waals surface area contributed by atoms with Crippen molar-refractivity contribution in [1.82, 2.24) is 0 Å². The molecule has 9 heteroatoms. The second-order valence-electron chi connectivity index (χ2n) is 5.34. The summed E-state index contributed by atoms with van der Waals surface area (Å²) in [6.45, 7) is 0. The molecule has 0 fully saturated rings. The fraction of sp³-hybridized carbons (Fsp3) is 0.0588. The Bertz CT molecular complexity index is 970. The van der Waals surface area contributed by atoms with Crippen LogP contribution in [0.3, 0.4) is 0 Å². The second kappa shape index (κ2) is 6.34. The predicted octanol–water partition coefficient (Wildman–Crippen LogP) is 4.85. The molecule has 2 aromatic rings. The molecule has 0 aliphatic carbocycles. The summed E-state index contributed by atoms with van der Waals surface area (Å²) in [6.07, 6.45) is -4.65. The molecule has 0 radical (unpaired) electrons. The van der Waals surface area contributed by atoms with Gasteiger partial charge in [0.1, 0.15) is 0 Å². The number of carbonyl (C=O) groups excluding carboxylic acids is 2. The van der Waals surface area contributed by atoms with E-state index < -0.39 is 34.9 Å². The summed E-state index contributed by atoms with van der Waals surface area (Å²) >= 11 is 11.8. The number of imide groups is 1. The van der Waals surface area contributed by atoms with E-state index in [1.807, 2.05) is 0 Å². The lowest BCUT2D eigenvalue weighted by Crippen LogP contribution is -2.31. The van der Waals surface area contributed by atoms with Crippen LogP contribution in [0, 0.1) is 0 Å². The summed E-state index contributed by atoms with van der Waals surface area (Å²) < 4.78 is 38.6. The van der Waals surface area contributed by atoms with Crippen molar-refractivity contribution in [1.29, 1.82) is 0 Å². The highest BCUT2D eigenvalue weighted by molar-refractivity contribution is 6.47. The third kappa shape index (κ3) is 3.04. The van der Waals surface area contributed by atoms with Crippen molar-refractivity contribution in [2.75, 3.05) is 4.90 Å². The highest BCUT2D eigenvalue weighted by Gasteiger charge is 2.41. The van der Waals surface area contributed by atoms with Gasteiger partial charge in [-0.25, -0.2) is 4.90 Å². The number of aliphatic hydroxyl groups excluding tert-OH is 1. The maximum absolute atomic E-state index is 12.9. The molecule has 1 heterocycles. The summed E-state index contributed by atoms with van der Waals surface area (Å²) in [4.78, 5) is 25.4. The van der Waals surface area contributed by atoms with E-state index in [-0.39, 0.29) is 21.3 Å². The minimum absolute atomic E-state index is 0.00564. The first-order valence-corrected chi connectivity index (χ1v) is 7.81. The minimum Gasteiger partial charge on any atom is -0.502 e. The number of nitrogens with zero attached hydrogens (tertiary/aromatic N) is 1. The zero-order chi connectivity index (χ0) is 19.2. The first-order valence-electron chi connectivity index (χ1n) is 7.06. The van der Waals surface area contributed by atoms with Gasteiger partial charge < -0.3 is 5.11 Å². The Labute approximate surface area is 155 Å². The van der Waals surface area contributed by atoms with Crippen LogP contribution in [-0.2, 0) is 15.8 Å². The first-order chi connectivity index (χ1) is 12.1. The number of alkyl halides is 3. The Kier molecular flexibility index (Phi) is 4.46. The molecule has 0 atom stereocenters. The maximum Gasteiger partial charge on any atom is 0.416 e. The van der Waals surface area contributed by atoms with Crippen molar-refractivity contribution >= 4 is 46.3 Å². The lowest BCUT2D eigenvalue weighted by molar-refractivity contribution is -0.137. The average molecular weight is 402 g/mol. The number of rotatable bonds is 2. The Morgan fingerprint density at radius 2 is 1.65 bits per heavy atom. The molecule has 2 aromatic carbocycles. The van der Waals surface area contributed by atoms with Crippen LogP contribution >= 0.6 is 23.2 Å². The van der Waals surface area contributed by atoms with E-state index in [9.17, 15) is 27.9 Å². The number of carbonyl (C=O) groups is 2. The third-order valence-corrected chi connectivity index (χ3v) is 4.24. The molecule has 1 N–H and O–H groups in total. The van der Waals surface area contributed by atoms with Gasteiger partial charge in [0.05, 0.1) is 21.8 Å². The van der Waals surface area contributed by atoms with Gasteiger partial charge in [-0.15, -0.1) is 0 Å². The molecule has 4 nitrogen and oxygen atoms in total. The van der Waals surface area contributed by atoms with Gasteiger partial charge in [0.15, 0.2) is 5.76 Å². The van der Waals surface area contributed by atoms with Crippen LogP contribution in [0.15, 0.2) is 48.2 Å². The maximum atomic E-state index is 12.9. The van der Waals surface area contributed by atoms with E-state index >= 15 is 0 Å². The van der Waals surface area contributed by atoms with Crippen LogP contribution in [-0.4, -0.2) is 16.9 Å². The van der Waals surface area contributed by atoms with Crippen molar-refractivity contribution in [3.8, 4) is 0 Å². The normalized spacial score (nSPS) is 15.2. The Morgan fingerprint density at radius 3 is 2.27 bits per heavy atom. The van der Waals surface area contributed by atoms with Gasteiger partial charge in [-0.05, 0) is 30.3 Å². The molecular formula is C17H8Cl2F3NO3. The van der Waals surface area contributed by atoms with E-state index in [0.717, 1.165) is 18.2 Å². The summed E-state index contributed by atoms with van der Waals surface area (Å²) in [6, 6.07) is 7.70. The molecule has 0 spiro atoms. The van der Waals surface area contributed by atoms with Crippen LogP contribution in [0.2, 0.25) is 10.0 Å². The molecule has 0 bridgehead atoms. The number of anilines is 1. The lowest BCUT2D eigenvalue weighted by Gasteiger charge is -2.16. The first kappa shape index (κ1) is 18.3. The van der Waals surface area contributed by atoms with Gasteiger partial charge in [0.2, 0.25) is 0 Å². The SMILES string of the molecule is O=C1C(O)=C(c2ccc(Cl)cc2Cl)C(=O)N1c1cccc(C(F)(F)F)c1. The number of benzene rings is 2. The Hall–Kier alpha value is -2.51. The molecule has 0 saturated heterocycles. The van der Waals surface area contributed by atoms with Crippen LogP contribution in [0.4, 0.5) is 18.9 Å². The predicted molar refractivity (Wildman–Crippen MR) is 89.9 cm³/mol. The molecule has 0 unspecified atom stereocenters. The molecule has 2 amide bonds. The van der Waals surface area contributed by atoms with Crippen LogP contribution < -0.4 is 4.90 Å². The van der Waals surface area contributed by atoms with Crippen molar-refractivity contribution in [2.24, 2.45) is 0 Å². The second-order valence-corrected chi connectivity index (χ2v) is 6.19. The van der Waals surface area contributed by atoms with Crippen molar-refractivity contribution in [3.05, 3.63) is 69.4 Å². The van der Waals surface area contributed by atoms with Crippen LogP contribution in [0.25, 0.3) is 5.57 Å². The highest BCUT2D eigenvalue weighted by atomic mass is 35.5. The summed E-state index contributed by atoms with van der Waals surface area (Å²) in [5.74, 6) is -3.04. The standard InChI is InChI=1S/C17H8Cl2F3NO3/c18-9-4-5-11(12(19)7-9)13-14(24)16(26)23(15(13)25)10-3-1-2-8(6-10)17(20,21)22/h1-7,24H. The average Bonchev–Trinajstić information content (AvgIpc) is 2.77. The van der Waals surface area contributed by atoms with Crippen LogP contribution in [0.1, 0.15) is 11.1 Å². The number of halogens is 5. The van der Waals surface area contributed by atoms with E-state index in [0.29, 0.717) is 11.0 Å².